The molecule has 2 N–H and O–H groups in total. The molecule has 3 saturated heterocycles. The third-order valence-corrected chi connectivity index (χ3v) is 11.0. The highest BCUT2D eigenvalue weighted by atomic mass is 16.6. The van der Waals surface area contributed by atoms with Gasteiger partial charge in [0.1, 0.15) is 29.6 Å². The monoisotopic (exact) mass is 642 g/mol. The minimum Gasteiger partial charge on any atom is -0.444 e. The number of H-pyrrole nitrogens is 1. The summed E-state index contributed by atoms with van der Waals surface area (Å²) in [7, 11) is 0. The number of aromatic nitrogens is 3. The van der Waals surface area contributed by atoms with Gasteiger partial charge in [-0.05, 0) is 87.4 Å². The zero-order valence-corrected chi connectivity index (χ0v) is 27.3. The van der Waals surface area contributed by atoms with E-state index in [0.717, 1.165) is 85.1 Å². The van der Waals surface area contributed by atoms with Crippen LogP contribution in [0.15, 0.2) is 36.4 Å². The lowest BCUT2D eigenvalue weighted by Crippen LogP contribution is -2.70. The van der Waals surface area contributed by atoms with Crippen LogP contribution < -0.4 is 5.32 Å². The zero-order valence-electron chi connectivity index (χ0n) is 27.3. The Morgan fingerprint density at radius 3 is 2.60 bits per heavy atom. The van der Waals surface area contributed by atoms with Crippen molar-refractivity contribution < 1.29 is 19.1 Å². The highest BCUT2D eigenvalue weighted by Gasteiger charge is 2.52. The van der Waals surface area contributed by atoms with Crippen molar-refractivity contribution in [3.8, 4) is 0 Å². The van der Waals surface area contributed by atoms with Crippen LogP contribution in [0.5, 0.6) is 0 Å². The first-order chi connectivity index (χ1) is 22.9. The summed E-state index contributed by atoms with van der Waals surface area (Å²) in [5.41, 5.74) is 4.37. The lowest BCUT2D eigenvalue weighted by atomic mass is 9.84. The van der Waals surface area contributed by atoms with Crippen LogP contribution in [0.25, 0.3) is 11.0 Å². The van der Waals surface area contributed by atoms with Gasteiger partial charge >= 0.3 is 12.1 Å². The number of ether oxygens (including phenoxy) is 1. The lowest BCUT2D eigenvalue weighted by Gasteiger charge is -2.57. The molecule has 0 spiro atoms. The molecule has 2 aromatic carbocycles. The number of hydrogen-bond donors (Lipinski definition) is 2. The maximum atomic E-state index is 14.1. The molecule has 3 amide bonds. The second-order valence-corrected chi connectivity index (χ2v) is 13.7. The normalized spacial score (nSPS) is 24.9. The van der Waals surface area contributed by atoms with E-state index in [4.69, 9.17) is 4.74 Å². The number of fused-ring (bicyclic) bond motifs is 2. The van der Waals surface area contributed by atoms with Crippen molar-refractivity contribution in [2.75, 3.05) is 44.6 Å². The molecule has 3 fully saturated rings. The molecule has 47 heavy (non-hydrogen) atoms. The van der Waals surface area contributed by atoms with E-state index in [9.17, 15) is 14.4 Å². The summed E-state index contributed by atoms with van der Waals surface area (Å²) in [5, 5.41) is 14.2. The molecule has 0 aliphatic carbocycles. The second-order valence-electron chi connectivity index (χ2n) is 13.7. The number of rotatable bonds is 7. The molecular weight excluding hydrogens is 596 g/mol. The number of aromatic amines is 1. The summed E-state index contributed by atoms with van der Waals surface area (Å²) in [4.78, 5) is 49.0. The van der Waals surface area contributed by atoms with Crippen LogP contribution in [0.3, 0.4) is 0 Å². The fourth-order valence-corrected chi connectivity index (χ4v) is 8.53. The number of amides is 3. The van der Waals surface area contributed by atoms with Gasteiger partial charge in [0.15, 0.2) is 0 Å². The van der Waals surface area contributed by atoms with Crippen molar-refractivity contribution in [2.24, 2.45) is 0 Å². The summed E-state index contributed by atoms with van der Waals surface area (Å²) in [6.07, 6.45) is 8.29. The van der Waals surface area contributed by atoms with Gasteiger partial charge < -0.3 is 24.6 Å². The van der Waals surface area contributed by atoms with Gasteiger partial charge in [0.2, 0.25) is 0 Å². The van der Waals surface area contributed by atoms with Gasteiger partial charge in [-0.15, -0.1) is 0 Å². The standard InChI is InChI=1S/C35H46N8O4/c1-25-21-26(22-31-32(25)38-39-37-31)24-47-34(46)43-19-12-29(42-18-9-27-7-3-4-8-30(27)36-33(42)45)23-35(43,13-20-44)41-16-10-28(11-17-41)40-14-5-2-6-15-40/h3-4,7-8,20-22,28-29H,2,5-6,9-19,23-24H2,1H3,(H,36,45)(H,37,38,39)/t29-,35+/m1/s1. The quantitative estimate of drug-likeness (QED) is 0.356. The maximum absolute atomic E-state index is 14.1. The average molecular weight is 643 g/mol. The Morgan fingerprint density at radius 1 is 1.00 bits per heavy atom. The van der Waals surface area contributed by atoms with Crippen molar-refractivity contribution in [3.05, 3.63) is 53.1 Å². The summed E-state index contributed by atoms with van der Waals surface area (Å²) in [6.45, 7) is 6.88. The third kappa shape index (κ3) is 6.32. The molecule has 12 heteroatoms. The Kier molecular flexibility index (Phi) is 9.13. The van der Waals surface area contributed by atoms with E-state index in [-0.39, 0.29) is 25.1 Å². The number of nitrogens with zero attached hydrogens (tertiary/aromatic N) is 6. The molecule has 5 heterocycles. The number of carbonyl (C=O) groups excluding carboxylic acids is 3. The van der Waals surface area contributed by atoms with Crippen LogP contribution in [0.1, 0.15) is 68.1 Å². The van der Waals surface area contributed by atoms with Gasteiger partial charge in [0.05, 0.1) is 0 Å². The molecule has 4 aliphatic heterocycles. The third-order valence-electron chi connectivity index (χ3n) is 11.0. The van der Waals surface area contributed by atoms with Crippen molar-refractivity contribution in [1.82, 2.24) is 35.0 Å². The number of para-hydroxylation sites is 1. The minimum absolute atomic E-state index is 0.0867. The summed E-state index contributed by atoms with van der Waals surface area (Å²) in [5.74, 6) is 0. The largest absolute Gasteiger partial charge is 0.444 e. The van der Waals surface area contributed by atoms with E-state index in [1.807, 2.05) is 42.2 Å². The number of aldehydes is 1. The minimum atomic E-state index is -0.889. The van der Waals surface area contributed by atoms with E-state index < -0.39 is 11.8 Å². The fourth-order valence-electron chi connectivity index (χ4n) is 8.53. The molecule has 12 nitrogen and oxygen atoms in total. The molecule has 7 rings (SSSR count). The molecule has 0 saturated carbocycles. The number of hydrogen-bond acceptors (Lipinski definition) is 8. The number of likely N-dealkylation sites (tertiary alicyclic amines) is 3. The van der Waals surface area contributed by atoms with E-state index in [1.165, 1.54) is 19.3 Å². The van der Waals surface area contributed by atoms with Crippen molar-refractivity contribution >= 4 is 35.1 Å². The topological polar surface area (TPSA) is 127 Å². The van der Waals surface area contributed by atoms with E-state index in [1.54, 1.807) is 4.90 Å². The predicted molar refractivity (Wildman–Crippen MR) is 178 cm³/mol. The van der Waals surface area contributed by atoms with E-state index in [2.05, 4.69) is 36.6 Å². The fraction of sp³-hybridized carbons (Fsp3) is 0.571. The number of benzene rings is 2. The average Bonchev–Trinajstić information content (AvgIpc) is 3.51. The Bertz CT molecular complexity index is 1600. The summed E-state index contributed by atoms with van der Waals surface area (Å²) >= 11 is 0. The van der Waals surface area contributed by atoms with Gasteiger partial charge in [-0.3, -0.25) is 9.80 Å². The Labute approximate surface area is 275 Å². The lowest BCUT2D eigenvalue weighted by molar-refractivity contribution is -0.128. The molecule has 0 radical (unpaired) electrons. The number of urea groups is 1. The Morgan fingerprint density at radius 2 is 1.79 bits per heavy atom. The van der Waals surface area contributed by atoms with Gasteiger partial charge in [-0.25, -0.2) is 9.59 Å². The highest BCUT2D eigenvalue weighted by molar-refractivity contribution is 5.91. The first-order valence-corrected chi connectivity index (χ1v) is 17.3. The zero-order chi connectivity index (χ0) is 32.4. The van der Waals surface area contributed by atoms with Gasteiger partial charge in [0, 0.05) is 56.8 Å². The van der Waals surface area contributed by atoms with E-state index in [0.29, 0.717) is 32.0 Å². The smallest absolute Gasteiger partial charge is 0.411 e. The van der Waals surface area contributed by atoms with Crippen LogP contribution in [-0.2, 0) is 22.6 Å². The number of nitrogens with one attached hydrogen (secondary N) is 2. The molecule has 250 valence electrons. The second kappa shape index (κ2) is 13.6. The van der Waals surface area contributed by atoms with Gasteiger partial charge in [-0.2, -0.15) is 15.4 Å². The summed E-state index contributed by atoms with van der Waals surface area (Å²) in [6, 6.07) is 12.0. The van der Waals surface area contributed by atoms with Crippen LogP contribution in [0, 0.1) is 6.92 Å². The van der Waals surface area contributed by atoms with Crippen LogP contribution in [0.2, 0.25) is 0 Å². The van der Waals surface area contributed by atoms with Gasteiger partial charge in [-0.1, -0.05) is 30.7 Å². The van der Waals surface area contributed by atoms with E-state index >= 15 is 0 Å². The number of piperidine rings is 3. The van der Waals surface area contributed by atoms with Crippen molar-refractivity contribution in [3.63, 3.8) is 0 Å². The molecular formula is C35H46N8O4. The first kappa shape index (κ1) is 31.6. The first-order valence-electron chi connectivity index (χ1n) is 17.3. The van der Waals surface area contributed by atoms with Crippen molar-refractivity contribution in [2.45, 2.75) is 89.1 Å². The molecule has 2 atom stereocenters. The molecule has 4 aliphatic rings. The SMILES string of the molecule is Cc1cc(COC(=O)N2CC[C@@H](N3CCc4ccccc4NC3=O)C[C@@]2(CC=O)N2CCC(N3CCCCC3)CC2)cc2n[nH]nc12. The molecule has 3 aromatic rings. The maximum Gasteiger partial charge on any atom is 0.411 e. The van der Waals surface area contributed by atoms with Crippen LogP contribution in [-0.4, -0.2) is 110 Å². The van der Waals surface area contributed by atoms with Crippen LogP contribution >= 0.6 is 0 Å². The molecule has 0 unspecified atom stereocenters. The number of anilines is 1. The predicted octanol–water partition coefficient (Wildman–Crippen LogP) is 4.69. The Hall–Kier alpha value is -4.03. The number of aryl methyl sites for hydroxylation is 1. The van der Waals surface area contributed by atoms with Crippen molar-refractivity contribution in [1.29, 1.82) is 0 Å². The highest BCUT2D eigenvalue weighted by Crippen LogP contribution is 2.40. The Balaban J connectivity index is 1.13. The van der Waals surface area contributed by atoms with Crippen LogP contribution in [0.4, 0.5) is 15.3 Å². The molecule has 1 aromatic heterocycles. The number of carbonyl (C=O) groups is 3. The molecule has 0 bridgehead atoms. The van der Waals surface area contributed by atoms with Gasteiger partial charge in [0.25, 0.3) is 0 Å². The summed E-state index contributed by atoms with van der Waals surface area (Å²) < 4.78 is 6.01.